The molecule has 18 heavy (non-hydrogen) atoms. The van der Waals surface area contributed by atoms with Crippen LogP contribution >= 0.6 is 0 Å². The Hall–Kier alpha value is -1.76. The average molecular weight is 250 g/mol. The second-order valence-electron chi connectivity index (χ2n) is 4.37. The zero-order valence-corrected chi connectivity index (χ0v) is 10.9. The molecule has 1 N–H and O–H groups in total. The van der Waals surface area contributed by atoms with Crippen LogP contribution in [0.4, 0.5) is 0 Å². The van der Waals surface area contributed by atoms with Crippen LogP contribution in [0.25, 0.3) is 0 Å². The highest BCUT2D eigenvalue weighted by molar-refractivity contribution is 4.87. The minimum absolute atomic E-state index is 0.323. The summed E-state index contributed by atoms with van der Waals surface area (Å²) in [6, 6.07) is 0.323. The second kappa shape index (κ2) is 5.72. The summed E-state index contributed by atoms with van der Waals surface area (Å²) >= 11 is 0. The van der Waals surface area contributed by atoms with E-state index in [4.69, 9.17) is 4.52 Å². The van der Waals surface area contributed by atoms with Gasteiger partial charge in [0.25, 0.3) is 0 Å². The van der Waals surface area contributed by atoms with Gasteiger partial charge in [-0.1, -0.05) is 5.16 Å². The van der Waals surface area contributed by atoms with Crippen molar-refractivity contribution in [1.82, 2.24) is 30.2 Å². The summed E-state index contributed by atoms with van der Waals surface area (Å²) in [6.45, 7) is 7.43. The van der Waals surface area contributed by atoms with Crippen molar-refractivity contribution in [3.8, 4) is 0 Å². The van der Waals surface area contributed by atoms with Gasteiger partial charge >= 0.3 is 0 Å². The van der Waals surface area contributed by atoms with E-state index in [2.05, 4.69) is 39.4 Å². The monoisotopic (exact) mass is 250 g/mol. The molecule has 0 aliphatic carbocycles. The highest BCUT2D eigenvalue weighted by Crippen LogP contribution is 2.04. The van der Waals surface area contributed by atoms with E-state index >= 15 is 0 Å². The molecule has 0 radical (unpaired) electrons. The molecular formula is C11H18N6O. The first-order valence-corrected chi connectivity index (χ1v) is 6.05. The Morgan fingerprint density at radius 3 is 2.94 bits per heavy atom. The number of nitrogens with one attached hydrogen (secondary N) is 1. The van der Waals surface area contributed by atoms with E-state index in [1.807, 2.05) is 4.68 Å². The minimum atomic E-state index is 0.323. The highest BCUT2D eigenvalue weighted by atomic mass is 16.5. The molecule has 0 aliphatic rings. The van der Waals surface area contributed by atoms with Crippen LogP contribution in [0.15, 0.2) is 10.9 Å². The quantitative estimate of drug-likeness (QED) is 0.766. The predicted octanol–water partition coefficient (Wildman–Crippen LogP) is 0.883. The van der Waals surface area contributed by atoms with Gasteiger partial charge in [0.05, 0.1) is 6.54 Å². The first-order valence-electron chi connectivity index (χ1n) is 6.05. The Morgan fingerprint density at radius 2 is 2.28 bits per heavy atom. The smallest absolute Gasteiger partial charge is 0.223 e. The summed E-state index contributed by atoms with van der Waals surface area (Å²) < 4.78 is 6.81. The van der Waals surface area contributed by atoms with Crippen LogP contribution in [0.5, 0.6) is 0 Å². The zero-order chi connectivity index (χ0) is 13.0. The van der Waals surface area contributed by atoms with E-state index in [1.54, 1.807) is 13.3 Å². The normalized spacial score (nSPS) is 11.3. The van der Waals surface area contributed by atoms with E-state index in [-0.39, 0.29) is 0 Å². The molecule has 0 fully saturated rings. The Bertz CT molecular complexity index is 489. The van der Waals surface area contributed by atoms with Gasteiger partial charge in [-0.25, -0.2) is 9.67 Å². The van der Waals surface area contributed by atoms with Crippen LogP contribution in [-0.4, -0.2) is 31.4 Å². The fourth-order valence-electron chi connectivity index (χ4n) is 1.68. The molecule has 0 aromatic carbocycles. The van der Waals surface area contributed by atoms with Gasteiger partial charge in [0.1, 0.15) is 12.2 Å². The molecule has 0 saturated carbocycles. The molecule has 2 aromatic rings. The largest absolute Gasteiger partial charge is 0.340 e. The Kier molecular flexibility index (Phi) is 4.03. The number of nitrogens with zero attached hydrogens (tertiary/aromatic N) is 5. The summed E-state index contributed by atoms with van der Waals surface area (Å²) in [5.74, 6) is 2.27. The molecule has 7 nitrogen and oxygen atoms in total. The lowest BCUT2D eigenvalue weighted by atomic mass is 10.4. The van der Waals surface area contributed by atoms with Crippen molar-refractivity contribution in [2.24, 2.45) is 0 Å². The van der Waals surface area contributed by atoms with Gasteiger partial charge in [-0.3, -0.25) is 0 Å². The molecule has 2 rings (SSSR count). The first kappa shape index (κ1) is 12.7. The molecule has 7 heteroatoms. The van der Waals surface area contributed by atoms with Gasteiger partial charge in [0, 0.05) is 25.9 Å². The maximum Gasteiger partial charge on any atom is 0.223 e. The van der Waals surface area contributed by atoms with Crippen LogP contribution < -0.4 is 5.32 Å². The molecule has 0 saturated heterocycles. The van der Waals surface area contributed by atoms with Crippen molar-refractivity contribution in [3.63, 3.8) is 0 Å². The van der Waals surface area contributed by atoms with E-state index in [9.17, 15) is 0 Å². The fraction of sp³-hybridized carbons (Fsp3) is 0.636. The third-order valence-corrected chi connectivity index (χ3v) is 2.51. The van der Waals surface area contributed by atoms with Gasteiger partial charge in [-0.15, -0.1) is 0 Å². The predicted molar refractivity (Wildman–Crippen MR) is 64.9 cm³/mol. The van der Waals surface area contributed by atoms with Gasteiger partial charge in [-0.2, -0.15) is 10.1 Å². The number of aryl methyl sites for hydroxylation is 1. The number of hydrogen-bond donors (Lipinski definition) is 1. The summed E-state index contributed by atoms with van der Waals surface area (Å²) in [7, 11) is 0. The van der Waals surface area contributed by atoms with Crippen molar-refractivity contribution in [2.75, 3.05) is 6.54 Å². The maximum absolute atomic E-state index is 4.90. The van der Waals surface area contributed by atoms with Crippen molar-refractivity contribution < 1.29 is 4.52 Å². The van der Waals surface area contributed by atoms with Crippen molar-refractivity contribution >= 4 is 0 Å². The summed E-state index contributed by atoms with van der Waals surface area (Å²) in [4.78, 5) is 8.37. The van der Waals surface area contributed by atoms with Crippen molar-refractivity contribution in [2.45, 2.75) is 39.8 Å². The van der Waals surface area contributed by atoms with Crippen LogP contribution in [-0.2, 0) is 13.0 Å². The van der Waals surface area contributed by atoms with Crippen molar-refractivity contribution in [3.05, 3.63) is 23.9 Å². The van der Waals surface area contributed by atoms with Gasteiger partial charge < -0.3 is 9.84 Å². The van der Waals surface area contributed by atoms with Crippen LogP contribution in [0.1, 0.15) is 37.4 Å². The molecular weight excluding hydrogens is 232 g/mol. The minimum Gasteiger partial charge on any atom is -0.340 e. The Balaban J connectivity index is 1.77. The summed E-state index contributed by atoms with van der Waals surface area (Å²) in [5, 5.41) is 11.3. The van der Waals surface area contributed by atoms with Crippen LogP contribution in [0.2, 0.25) is 0 Å². The SMILES string of the molecule is Cc1nc(CCNCc2ncnn2C(C)C)no1. The third-order valence-electron chi connectivity index (χ3n) is 2.51. The fourth-order valence-corrected chi connectivity index (χ4v) is 1.68. The van der Waals surface area contributed by atoms with Gasteiger partial charge in [0.2, 0.25) is 5.89 Å². The van der Waals surface area contributed by atoms with E-state index in [1.165, 1.54) is 0 Å². The number of rotatable bonds is 6. The molecule has 0 aliphatic heterocycles. The van der Waals surface area contributed by atoms with E-state index < -0.39 is 0 Å². The Labute approximate surface area is 106 Å². The first-order chi connectivity index (χ1) is 8.66. The lowest BCUT2D eigenvalue weighted by Crippen LogP contribution is -2.21. The van der Waals surface area contributed by atoms with E-state index in [0.29, 0.717) is 18.5 Å². The highest BCUT2D eigenvalue weighted by Gasteiger charge is 2.07. The maximum atomic E-state index is 4.90. The standard InChI is InChI=1S/C11H18N6O/c1-8(2)17-11(13-7-14-17)6-12-5-4-10-15-9(3)18-16-10/h7-8,12H,4-6H2,1-3H3. The van der Waals surface area contributed by atoms with Crippen molar-refractivity contribution in [1.29, 1.82) is 0 Å². The Morgan fingerprint density at radius 1 is 1.44 bits per heavy atom. The molecule has 2 heterocycles. The van der Waals surface area contributed by atoms with Gasteiger partial charge in [0.15, 0.2) is 5.82 Å². The molecule has 0 atom stereocenters. The molecule has 0 spiro atoms. The topological polar surface area (TPSA) is 81.7 Å². The molecule has 0 bridgehead atoms. The number of hydrogen-bond acceptors (Lipinski definition) is 6. The van der Waals surface area contributed by atoms with Gasteiger partial charge in [-0.05, 0) is 13.8 Å². The molecule has 0 amide bonds. The van der Waals surface area contributed by atoms with Crippen LogP contribution in [0, 0.1) is 6.92 Å². The van der Waals surface area contributed by atoms with Crippen LogP contribution in [0.3, 0.4) is 0 Å². The average Bonchev–Trinajstić information content (AvgIpc) is 2.93. The zero-order valence-electron chi connectivity index (χ0n) is 10.9. The number of aromatic nitrogens is 5. The second-order valence-corrected chi connectivity index (χ2v) is 4.37. The van der Waals surface area contributed by atoms with E-state index in [0.717, 1.165) is 24.6 Å². The molecule has 0 unspecified atom stereocenters. The summed E-state index contributed by atoms with van der Waals surface area (Å²) in [5.41, 5.74) is 0. The molecule has 98 valence electrons. The molecule has 2 aromatic heterocycles. The summed E-state index contributed by atoms with van der Waals surface area (Å²) in [6.07, 6.45) is 2.33. The lowest BCUT2D eigenvalue weighted by Gasteiger charge is -2.09. The third kappa shape index (κ3) is 3.13. The lowest BCUT2D eigenvalue weighted by molar-refractivity contribution is 0.386.